The minimum atomic E-state index is 0.0347. The average molecular weight is 112 g/mol. The van der Waals surface area contributed by atoms with E-state index < -0.39 is 0 Å². The maximum Gasteiger partial charge on any atom is 0.308 e. The summed E-state index contributed by atoms with van der Waals surface area (Å²) in [5.74, 6) is 1.04. The maximum absolute atomic E-state index is 10.6. The highest BCUT2D eigenvalue weighted by Gasteiger charge is 2.40. The number of ether oxygens (including phenoxy) is 1. The average Bonchev–Trinajstić information content (AvgIpc) is 1.62. The van der Waals surface area contributed by atoms with Crippen LogP contribution in [-0.2, 0) is 9.53 Å². The number of fused-ring (bicyclic) bond motifs is 2. The van der Waals surface area contributed by atoms with Gasteiger partial charge >= 0.3 is 5.97 Å². The first-order valence-electron chi connectivity index (χ1n) is 3.03. The molecule has 0 aromatic carbocycles. The fraction of sp³-hybridized carbons (Fsp3) is 0.833. The van der Waals surface area contributed by atoms with Crippen LogP contribution in [0.4, 0.5) is 0 Å². The number of esters is 1. The Hall–Kier alpha value is -0.530. The summed E-state index contributed by atoms with van der Waals surface area (Å²) in [6, 6.07) is 0. The molecule has 44 valence electrons. The highest BCUT2D eigenvalue weighted by atomic mass is 16.5. The van der Waals surface area contributed by atoms with Gasteiger partial charge in [0.2, 0.25) is 0 Å². The molecule has 0 aromatic heterocycles. The van der Waals surface area contributed by atoms with E-state index >= 15 is 0 Å². The Morgan fingerprint density at radius 2 is 2.25 bits per heavy atom. The Morgan fingerprint density at radius 1 is 1.50 bits per heavy atom. The Bertz CT molecular complexity index is 122. The van der Waals surface area contributed by atoms with Crippen molar-refractivity contribution in [3.05, 3.63) is 0 Å². The van der Waals surface area contributed by atoms with Gasteiger partial charge in [-0.2, -0.15) is 0 Å². The summed E-state index contributed by atoms with van der Waals surface area (Å²) in [7, 11) is 0. The van der Waals surface area contributed by atoms with Gasteiger partial charge in [-0.1, -0.05) is 0 Å². The molecule has 2 bridgehead atoms. The molecule has 2 saturated heterocycles. The summed E-state index contributed by atoms with van der Waals surface area (Å²) in [4.78, 5) is 10.6. The molecule has 0 atom stereocenters. The van der Waals surface area contributed by atoms with E-state index in [1.807, 2.05) is 0 Å². The molecular formula is C6H8O2. The predicted octanol–water partition coefficient (Wildman–Crippen LogP) is 0.569. The van der Waals surface area contributed by atoms with Crippen LogP contribution in [0, 0.1) is 11.8 Å². The van der Waals surface area contributed by atoms with E-state index in [1.165, 1.54) is 0 Å². The minimum absolute atomic E-state index is 0.0347. The molecular weight excluding hydrogens is 104 g/mol. The standard InChI is InChI=1S/C6H8O2/c7-6-5-1-4(2-5)3-8-6/h4-5H,1-3H2. The molecule has 3 rings (SSSR count). The van der Waals surface area contributed by atoms with Crippen molar-refractivity contribution in [2.45, 2.75) is 12.8 Å². The fourth-order valence-electron chi connectivity index (χ4n) is 1.38. The largest absolute Gasteiger partial charge is 0.465 e. The van der Waals surface area contributed by atoms with Crippen molar-refractivity contribution in [2.75, 3.05) is 6.61 Å². The van der Waals surface area contributed by atoms with Crippen LogP contribution in [0.2, 0.25) is 0 Å². The van der Waals surface area contributed by atoms with Crippen molar-refractivity contribution in [3.63, 3.8) is 0 Å². The molecule has 1 aliphatic carbocycles. The van der Waals surface area contributed by atoms with Gasteiger partial charge in [-0.3, -0.25) is 4.79 Å². The van der Waals surface area contributed by atoms with Crippen LogP contribution in [0.1, 0.15) is 12.8 Å². The SMILES string of the molecule is O=C1OCC2CC1C2. The van der Waals surface area contributed by atoms with Crippen molar-refractivity contribution in [1.82, 2.24) is 0 Å². The van der Waals surface area contributed by atoms with Gasteiger partial charge in [0.1, 0.15) is 0 Å². The van der Waals surface area contributed by atoms with Gasteiger partial charge in [-0.15, -0.1) is 0 Å². The lowest BCUT2D eigenvalue weighted by atomic mass is 9.73. The van der Waals surface area contributed by atoms with Crippen molar-refractivity contribution in [2.24, 2.45) is 11.8 Å². The first-order chi connectivity index (χ1) is 3.86. The van der Waals surface area contributed by atoms with E-state index in [4.69, 9.17) is 4.74 Å². The molecule has 2 aliphatic heterocycles. The normalized spacial score (nSPS) is 42.8. The number of hydrogen-bond acceptors (Lipinski definition) is 2. The highest BCUT2D eigenvalue weighted by Crippen LogP contribution is 2.38. The van der Waals surface area contributed by atoms with Crippen LogP contribution in [-0.4, -0.2) is 12.6 Å². The Labute approximate surface area is 47.8 Å². The smallest absolute Gasteiger partial charge is 0.308 e. The molecule has 2 heteroatoms. The van der Waals surface area contributed by atoms with E-state index in [1.54, 1.807) is 0 Å². The summed E-state index contributed by atoms with van der Waals surface area (Å²) in [5, 5.41) is 0. The summed E-state index contributed by atoms with van der Waals surface area (Å²) in [6.45, 7) is 0.690. The molecule has 2 heterocycles. The van der Waals surface area contributed by atoms with Crippen molar-refractivity contribution in [1.29, 1.82) is 0 Å². The molecule has 8 heavy (non-hydrogen) atoms. The van der Waals surface area contributed by atoms with Gasteiger partial charge in [0.15, 0.2) is 0 Å². The zero-order chi connectivity index (χ0) is 5.56. The van der Waals surface area contributed by atoms with Crippen LogP contribution in [0.5, 0.6) is 0 Å². The number of rotatable bonds is 0. The maximum atomic E-state index is 10.6. The van der Waals surface area contributed by atoms with E-state index in [9.17, 15) is 4.79 Å². The molecule has 2 nitrogen and oxygen atoms in total. The van der Waals surface area contributed by atoms with E-state index in [-0.39, 0.29) is 11.9 Å². The lowest BCUT2D eigenvalue weighted by molar-refractivity contribution is -0.168. The van der Waals surface area contributed by atoms with Crippen molar-refractivity contribution >= 4 is 5.97 Å². The van der Waals surface area contributed by atoms with Crippen LogP contribution in [0.15, 0.2) is 0 Å². The highest BCUT2D eigenvalue weighted by molar-refractivity contribution is 5.74. The molecule has 3 aliphatic rings. The second kappa shape index (κ2) is 1.24. The lowest BCUT2D eigenvalue weighted by Crippen LogP contribution is -2.41. The van der Waals surface area contributed by atoms with E-state index in [0.717, 1.165) is 18.8 Å². The van der Waals surface area contributed by atoms with Crippen LogP contribution in [0.3, 0.4) is 0 Å². The molecule has 0 unspecified atom stereocenters. The first-order valence-corrected chi connectivity index (χ1v) is 3.03. The quantitative estimate of drug-likeness (QED) is 0.428. The van der Waals surface area contributed by atoms with Crippen molar-refractivity contribution < 1.29 is 9.53 Å². The van der Waals surface area contributed by atoms with E-state index in [0.29, 0.717) is 6.61 Å². The summed E-state index contributed by atoms with van der Waals surface area (Å²) >= 11 is 0. The molecule has 0 spiro atoms. The number of hydrogen-bond donors (Lipinski definition) is 0. The third kappa shape index (κ3) is 0.403. The Balaban J connectivity index is 2.10. The zero-order valence-corrected chi connectivity index (χ0v) is 4.59. The molecule has 3 fully saturated rings. The number of carbonyl (C=O) groups excluding carboxylic acids is 1. The van der Waals surface area contributed by atoms with Crippen LogP contribution in [0.25, 0.3) is 0 Å². The van der Waals surface area contributed by atoms with Gasteiger partial charge in [0, 0.05) is 0 Å². The third-order valence-electron chi connectivity index (χ3n) is 2.03. The number of carbonyl (C=O) groups is 1. The first kappa shape index (κ1) is 4.36. The third-order valence-corrected chi connectivity index (χ3v) is 2.03. The van der Waals surface area contributed by atoms with Gasteiger partial charge < -0.3 is 4.74 Å². The second-order valence-electron chi connectivity index (χ2n) is 2.66. The second-order valence-corrected chi connectivity index (χ2v) is 2.66. The molecule has 0 radical (unpaired) electrons. The molecule has 0 N–H and O–H groups in total. The Kier molecular flexibility index (Phi) is 0.678. The monoisotopic (exact) mass is 112 g/mol. The van der Waals surface area contributed by atoms with Gasteiger partial charge in [0.25, 0.3) is 0 Å². The molecule has 1 saturated carbocycles. The van der Waals surface area contributed by atoms with Gasteiger partial charge in [-0.05, 0) is 18.8 Å². The van der Waals surface area contributed by atoms with E-state index in [2.05, 4.69) is 0 Å². The van der Waals surface area contributed by atoms with Crippen molar-refractivity contribution in [3.8, 4) is 0 Å². The predicted molar refractivity (Wildman–Crippen MR) is 27.2 cm³/mol. The molecule has 0 aromatic rings. The Morgan fingerprint density at radius 3 is 2.50 bits per heavy atom. The topological polar surface area (TPSA) is 26.3 Å². The van der Waals surface area contributed by atoms with Gasteiger partial charge in [-0.25, -0.2) is 0 Å². The zero-order valence-electron chi connectivity index (χ0n) is 4.59. The fourth-order valence-corrected chi connectivity index (χ4v) is 1.38. The van der Waals surface area contributed by atoms with Gasteiger partial charge in [0.05, 0.1) is 12.5 Å². The summed E-state index contributed by atoms with van der Waals surface area (Å²) < 4.78 is 4.80. The van der Waals surface area contributed by atoms with Crippen LogP contribution >= 0.6 is 0 Å². The summed E-state index contributed by atoms with van der Waals surface area (Å²) in [5.41, 5.74) is 0. The summed E-state index contributed by atoms with van der Waals surface area (Å²) in [6.07, 6.45) is 2.19. The molecule has 0 amide bonds. The van der Waals surface area contributed by atoms with Crippen LogP contribution < -0.4 is 0 Å². The lowest BCUT2D eigenvalue weighted by Gasteiger charge is -2.38. The minimum Gasteiger partial charge on any atom is -0.465 e.